The minimum absolute atomic E-state index is 0.0181. The molecule has 2 fully saturated rings. The lowest BCUT2D eigenvalue weighted by atomic mass is 9.95. The van der Waals surface area contributed by atoms with Crippen molar-refractivity contribution in [1.29, 1.82) is 0 Å². The molecular formula is C64H95ClF3N11O11. The molecule has 90 heavy (non-hydrogen) atoms. The zero-order valence-electron chi connectivity index (χ0n) is 55.3. The molecule has 0 aliphatic carbocycles. The van der Waals surface area contributed by atoms with Gasteiger partial charge in [0.25, 0.3) is 0 Å². The standard InChI is InChI=1S/C64H95ClF3N11O11/c1-18-39(7)54-61(89)74(13)35-53(82)79-28-27-49(79)60(88)77(16)50(33-43-21-19-38(6)20-22-43)59(87)73(12)34-51(80)69-46(26-24-42-23-25-44(45(65)32-42)64(66,67)68)56(84)70-48(30-37(4)5)58(86)78(17)63(10,11)62(90)71-47(29-36(2)3)57(85)75(14)40(8)31-52(81)76(15)41(9)55(83)72-54/h19-23,25,32,36-37,39-41,46-50,54H,18,24,26-31,33-35H2,1-17H3,(H,69,80)(H,70,84)(H,71,90)(H,72,83)/t39-,40+,41-,46-,47-,48-,49?,50-,54-/m0/s1. The minimum Gasteiger partial charge on any atom is -0.343 e. The number of hydrogen-bond acceptors (Lipinski definition) is 11. The minimum atomic E-state index is -4.76. The van der Waals surface area contributed by atoms with Crippen molar-refractivity contribution in [3.8, 4) is 0 Å². The highest BCUT2D eigenvalue weighted by Crippen LogP contribution is 2.35. The summed E-state index contributed by atoms with van der Waals surface area (Å²) >= 11 is 6.09. The monoisotopic (exact) mass is 1290 g/mol. The number of likely N-dealkylation sites (N-methyl/N-ethyl adjacent to an activating group) is 6. The van der Waals surface area contributed by atoms with E-state index in [0.717, 1.165) is 32.4 Å². The number of halogens is 4. The van der Waals surface area contributed by atoms with Crippen LogP contribution in [-0.4, -0.2) is 215 Å². The molecular weight excluding hydrogens is 1190 g/mol. The van der Waals surface area contributed by atoms with Gasteiger partial charge in [0.05, 0.1) is 23.7 Å². The Bertz CT molecular complexity index is 2950. The molecule has 9 atom stereocenters. The van der Waals surface area contributed by atoms with Crippen molar-refractivity contribution in [3.63, 3.8) is 0 Å². The van der Waals surface area contributed by atoms with Crippen molar-refractivity contribution in [3.05, 3.63) is 69.7 Å². The number of rotatable bonds is 11. The Balaban J connectivity index is 1.82. The van der Waals surface area contributed by atoms with Crippen LogP contribution in [0.2, 0.25) is 5.02 Å². The van der Waals surface area contributed by atoms with E-state index in [9.17, 15) is 65.9 Å². The third-order valence-electron chi connectivity index (χ3n) is 17.5. The summed E-state index contributed by atoms with van der Waals surface area (Å²) in [4.78, 5) is 167. The van der Waals surface area contributed by atoms with Crippen LogP contribution in [0, 0.1) is 24.7 Å². The molecule has 2 aliphatic heterocycles. The summed E-state index contributed by atoms with van der Waals surface area (Å²) in [5.74, 6) is -8.33. The van der Waals surface area contributed by atoms with Crippen molar-refractivity contribution < 1.29 is 65.9 Å². The maximum atomic E-state index is 14.8. The molecule has 4 rings (SSSR count). The number of hydrogen-bond donors (Lipinski definition) is 4. The Hall–Kier alpha value is -7.31. The van der Waals surface area contributed by atoms with Crippen molar-refractivity contribution in [1.82, 2.24) is 55.6 Å². The van der Waals surface area contributed by atoms with Gasteiger partial charge in [-0.3, -0.25) is 52.7 Å². The number of amides is 11. The predicted octanol–water partition coefficient (Wildman–Crippen LogP) is 4.60. The van der Waals surface area contributed by atoms with Gasteiger partial charge in [-0.25, -0.2) is 0 Å². The molecule has 1 unspecified atom stereocenters. The molecule has 2 aromatic carbocycles. The molecule has 0 spiro atoms. The Morgan fingerprint density at radius 1 is 0.644 bits per heavy atom. The largest absolute Gasteiger partial charge is 0.417 e. The summed E-state index contributed by atoms with van der Waals surface area (Å²) < 4.78 is 41.2. The number of benzene rings is 2. The molecule has 0 radical (unpaired) electrons. The molecule has 2 aromatic rings. The molecule has 2 aliphatic rings. The molecule has 26 heteroatoms. The van der Waals surface area contributed by atoms with E-state index in [1.165, 1.54) is 88.7 Å². The Labute approximate surface area is 533 Å². The molecule has 22 nitrogen and oxygen atoms in total. The van der Waals surface area contributed by atoms with E-state index in [4.69, 9.17) is 11.6 Å². The zero-order chi connectivity index (χ0) is 68.2. The van der Waals surface area contributed by atoms with E-state index in [1.807, 2.05) is 39.8 Å². The third kappa shape index (κ3) is 19.6. The van der Waals surface area contributed by atoms with Crippen LogP contribution in [0.3, 0.4) is 0 Å². The highest BCUT2D eigenvalue weighted by Gasteiger charge is 2.45. The van der Waals surface area contributed by atoms with E-state index in [2.05, 4.69) is 21.3 Å². The molecule has 500 valence electrons. The first kappa shape index (κ1) is 75.2. The van der Waals surface area contributed by atoms with Crippen LogP contribution >= 0.6 is 11.6 Å². The second kappa shape index (κ2) is 32.1. The lowest BCUT2D eigenvalue weighted by Gasteiger charge is -2.43. The summed E-state index contributed by atoms with van der Waals surface area (Å²) in [7, 11) is 8.36. The Morgan fingerprint density at radius 2 is 1.21 bits per heavy atom. The van der Waals surface area contributed by atoms with Gasteiger partial charge in [-0.1, -0.05) is 95.5 Å². The summed E-state index contributed by atoms with van der Waals surface area (Å²) in [6.45, 7) is 17.7. The smallest absolute Gasteiger partial charge is 0.343 e. The molecule has 2 heterocycles. The van der Waals surface area contributed by atoms with Crippen LogP contribution in [0.1, 0.15) is 130 Å². The van der Waals surface area contributed by atoms with Crippen molar-refractivity contribution in [2.75, 3.05) is 61.9 Å². The number of nitrogens with zero attached hydrogens (tertiary/aromatic N) is 7. The second-order valence-corrected chi connectivity index (χ2v) is 26.2. The summed E-state index contributed by atoms with van der Waals surface area (Å²) in [5.41, 5.74) is -0.953. The maximum Gasteiger partial charge on any atom is 0.417 e. The Morgan fingerprint density at radius 3 is 1.74 bits per heavy atom. The molecule has 0 saturated carbocycles. The fourth-order valence-corrected chi connectivity index (χ4v) is 10.9. The fourth-order valence-electron chi connectivity index (χ4n) is 10.6. The molecule has 0 bridgehead atoms. The van der Waals surface area contributed by atoms with Crippen molar-refractivity contribution in [2.24, 2.45) is 17.8 Å². The first-order chi connectivity index (χ1) is 41.7. The number of alkyl halides is 3. The van der Waals surface area contributed by atoms with Gasteiger partial charge < -0.3 is 55.6 Å². The number of nitrogens with one attached hydrogen (secondary N) is 4. The van der Waals surface area contributed by atoms with Gasteiger partial charge in [-0.2, -0.15) is 13.2 Å². The number of fused-ring (bicyclic) bond motifs is 1. The number of carbonyl (C=O) groups excluding carboxylic acids is 11. The normalized spacial score (nSPS) is 25.0. The van der Waals surface area contributed by atoms with Gasteiger partial charge in [0.15, 0.2) is 0 Å². The van der Waals surface area contributed by atoms with Gasteiger partial charge in [0.2, 0.25) is 65.0 Å². The van der Waals surface area contributed by atoms with E-state index >= 15 is 0 Å². The SMILES string of the molecule is CC[C@H](C)[C@@H]1NC(=O)[C@H](C)N(C)C(=O)C[C@@H](C)N(C)C(=O)[C@H](CC(C)C)NC(=O)C(C)(C)N(C)C(=O)[C@H](CC(C)C)NC(=O)[C@H](CCc2ccc(C(F)(F)F)c(Cl)c2)NC(=O)CN(C)C(=O)[C@H](Cc2ccc(C)cc2)N(C)C(=O)C2CCN2C(=O)CN(C)C1=O. The van der Waals surface area contributed by atoms with Gasteiger partial charge in [0, 0.05) is 67.7 Å². The van der Waals surface area contributed by atoms with Gasteiger partial charge in [-0.05, 0) is 108 Å². The summed E-state index contributed by atoms with van der Waals surface area (Å²) in [5, 5.41) is 10.4. The summed E-state index contributed by atoms with van der Waals surface area (Å²) in [6.07, 6.45) is -4.62. The quantitative estimate of drug-likeness (QED) is 0.242. The topological polar surface area (TPSA) is 259 Å². The average Bonchev–Trinajstić information content (AvgIpc) is 0.858. The average molecular weight is 1290 g/mol. The number of carbonyl (C=O) groups is 11. The second-order valence-electron chi connectivity index (χ2n) is 25.8. The van der Waals surface area contributed by atoms with E-state index < -0.39 is 155 Å². The van der Waals surface area contributed by atoms with Crippen LogP contribution in [0.15, 0.2) is 42.5 Å². The highest BCUT2D eigenvalue weighted by atomic mass is 35.5. The first-order valence-corrected chi connectivity index (χ1v) is 31.1. The highest BCUT2D eigenvalue weighted by molar-refractivity contribution is 6.31. The lowest BCUT2D eigenvalue weighted by Crippen LogP contribution is -2.63. The fraction of sp³-hybridized carbons (Fsp3) is 0.641. The lowest BCUT2D eigenvalue weighted by molar-refractivity contribution is -0.157. The van der Waals surface area contributed by atoms with E-state index in [0.29, 0.717) is 12.0 Å². The van der Waals surface area contributed by atoms with Crippen molar-refractivity contribution >= 4 is 76.6 Å². The summed E-state index contributed by atoms with van der Waals surface area (Å²) in [6, 6.07) is 0.931. The molecule has 4 N–H and O–H groups in total. The van der Waals surface area contributed by atoms with Gasteiger partial charge in [0.1, 0.15) is 47.8 Å². The van der Waals surface area contributed by atoms with Crippen LogP contribution in [0.25, 0.3) is 0 Å². The van der Waals surface area contributed by atoms with Crippen LogP contribution in [-0.2, 0) is 71.8 Å². The molecule has 2 saturated heterocycles. The van der Waals surface area contributed by atoms with Crippen LogP contribution in [0.5, 0.6) is 0 Å². The van der Waals surface area contributed by atoms with Crippen LogP contribution in [0.4, 0.5) is 13.2 Å². The van der Waals surface area contributed by atoms with Crippen LogP contribution < -0.4 is 21.3 Å². The Kier molecular flexibility index (Phi) is 26.8. The van der Waals surface area contributed by atoms with E-state index in [-0.39, 0.29) is 68.9 Å². The van der Waals surface area contributed by atoms with Crippen molar-refractivity contribution in [2.45, 2.75) is 188 Å². The zero-order valence-corrected chi connectivity index (χ0v) is 56.1. The first-order valence-electron chi connectivity index (χ1n) is 30.7. The van der Waals surface area contributed by atoms with Gasteiger partial charge >= 0.3 is 6.18 Å². The maximum absolute atomic E-state index is 14.8. The molecule has 0 aromatic heterocycles. The predicted molar refractivity (Wildman–Crippen MR) is 334 cm³/mol. The number of aryl methyl sites for hydroxylation is 2. The molecule has 11 amide bonds. The van der Waals surface area contributed by atoms with E-state index in [1.54, 1.807) is 39.8 Å². The third-order valence-corrected chi connectivity index (χ3v) is 17.8. The van der Waals surface area contributed by atoms with Gasteiger partial charge in [-0.15, -0.1) is 0 Å².